The molecule has 2 aromatic rings. The van der Waals surface area contributed by atoms with Gasteiger partial charge in [-0.3, -0.25) is 4.90 Å². The molecule has 0 aliphatic carbocycles. The van der Waals surface area contributed by atoms with E-state index >= 15 is 0 Å². The molecule has 1 aromatic carbocycles. The summed E-state index contributed by atoms with van der Waals surface area (Å²) in [5.74, 6) is 0.777. The number of fused-ring (bicyclic) bond motifs is 1. The maximum absolute atomic E-state index is 14.4. The number of rotatable bonds is 5. The molecule has 1 atom stereocenters. The molecule has 2 aliphatic heterocycles. The van der Waals surface area contributed by atoms with Crippen molar-refractivity contribution in [2.45, 2.75) is 32.1 Å². The number of nitrogens with zero attached hydrogens (tertiary/aromatic N) is 6. The molecule has 1 amide bonds. The third-order valence-corrected chi connectivity index (χ3v) is 6.00. The Morgan fingerprint density at radius 2 is 2.19 bits per heavy atom. The smallest absolute Gasteiger partial charge is 0.407 e. The average Bonchev–Trinajstić information content (AvgIpc) is 3.16. The largest absolute Gasteiger partial charge is 0.496 e. The summed E-state index contributed by atoms with van der Waals surface area (Å²) in [5.41, 5.74) is 2.10. The lowest BCUT2D eigenvalue weighted by molar-refractivity contribution is 0.119. The van der Waals surface area contributed by atoms with Gasteiger partial charge in [-0.2, -0.15) is 5.26 Å². The minimum Gasteiger partial charge on any atom is -0.496 e. The van der Waals surface area contributed by atoms with Crippen LogP contribution in [0.15, 0.2) is 18.2 Å². The van der Waals surface area contributed by atoms with Gasteiger partial charge in [-0.1, -0.05) is 6.07 Å². The fourth-order valence-corrected chi connectivity index (χ4v) is 4.51. The molecule has 1 saturated heterocycles. The molecule has 1 aromatic heterocycles. The van der Waals surface area contributed by atoms with Crippen LogP contribution in [0, 0.1) is 17.1 Å². The molecule has 4 rings (SSSR count). The first-order valence-electron chi connectivity index (χ1n) is 10.1. The van der Waals surface area contributed by atoms with Gasteiger partial charge >= 0.3 is 6.09 Å². The van der Waals surface area contributed by atoms with Crippen molar-refractivity contribution in [2.75, 3.05) is 31.6 Å². The van der Waals surface area contributed by atoms with Crippen LogP contribution in [0.3, 0.4) is 0 Å². The molecule has 0 spiro atoms. The predicted octanol–water partition coefficient (Wildman–Crippen LogP) is 2.88. The van der Waals surface area contributed by atoms with Crippen LogP contribution in [0.2, 0.25) is 5.28 Å². The zero-order valence-corrected chi connectivity index (χ0v) is 18.2. The van der Waals surface area contributed by atoms with Gasteiger partial charge in [0.1, 0.15) is 17.4 Å². The number of benzene rings is 1. The number of carboxylic acid groups (broad SMARTS) is 1. The van der Waals surface area contributed by atoms with Gasteiger partial charge in [0.15, 0.2) is 0 Å². The van der Waals surface area contributed by atoms with Crippen LogP contribution in [-0.4, -0.2) is 63.8 Å². The zero-order valence-electron chi connectivity index (χ0n) is 17.5. The van der Waals surface area contributed by atoms with E-state index in [4.69, 9.17) is 21.6 Å². The quantitative estimate of drug-likeness (QED) is 0.679. The fraction of sp³-hybridized carbons (Fsp3) is 0.429. The lowest BCUT2D eigenvalue weighted by atomic mass is 10.1. The molecule has 0 saturated carbocycles. The first-order chi connectivity index (χ1) is 15.4. The zero-order chi connectivity index (χ0) is 22.8. The van der Waals surface area contributed by atoms with E-state index in [1.807, 2.05) is 9.80 Å². The number of methoxy groups -OCH3 is 1. The number of hydrogen-bond donors (Lipinski definition) is 1. The van der Waals surface area contributed by atoms with E-state index in [0.717, 1.165) is 11.3 Å². The number of nitriles is 1. The van der Waals surface area contributed by atoms with Crippen molar-refractivity contribution in [3.8, 4) is 11.8 Å². The second-order valence-corrected chi connectivity index (χ2v) is 8.08. The van der Waals surface area contributed by atoms with Crippen molar-refractivity contribution in [1.29, 1.82) is 5.26 Å². The molecular weight excluding hydrogens is 439 g/mol. The lowest BCUT2D eigenvalue weighted by Crippen LogP contribution is -2.55. The van der Waals surface area contributed by atoms with Gasteiger partial charge < -0.3 is 19.6 Å². The Hall–Kier alpha value is -3.16. The van der Waals surface area contributed by atoms with Crippen LogP contribution in [0.25, 0.3) is 0 Å². The van der Waals surface area contributed by atoms with Crippen molar-refractivity contribution in [2.24, 2.45) is 0 Å². The first kappa shape index (κ1) is 22.0. The Morgan fingerprint density at radius 1 is 1.38 bits per heavy atom. The van der Waals surface area contributed by atoms with Gasteiger partial charge in [-0.05, 0) is 23.7 Å². The first-order valence-corrected chi connectivity index (χ1v) is 10.5. The fourth-order valence-electron chi connectivity index (χ4n) is 4.33. The highest BCUT2D eigenvalue weighted by Crippen LogP contribution is 2.34. The molecule has 9 nitrogen and oxygen atoms in total. The number of ether oxygens (including phenoxy) is 1. The summed E-state index contributed by atoms with van der Waals surface area (Å²) in [4.78, 5) is 25.6. The number of hydrogen-bond acceptors (Lipinski definition) is 7. The van der Waals surface area contributed by atoms with E-state index in [9.17, 15) is 14.3 Å². The van der Waals surface area contributed by atoms with E-state index < -0.39 is 12.1 Å². The Bertz CT molecular complexity index is 1080. The Balaban J connectivity index is 1.58. The summed E-state index contributed by atoms with van der Waals surface area (Å²) < 4.78 is 19.7. The van der Waals surface area contributed by atoms with Crippen molar-refractivity contribution < 1.29 is 19.0 Å². The summed E-state index contributed by atoms with van der Waals surface area (Å²) >= 11 is 6.20. The highest BCUT2D eigenvalue weighted by Gasteiger charge is 2.34. The number of anilines is 1. The molecule has 0 bridgehead atoms. The maximum Gasteiger partial charge on any atom is 0.407 e. The highest BCUT2D eigenvalue weighted by atomic mass is 35.5. The van der Waals surface area contributed by atoms with Gasteiger partial charge in [0.25, 0.3) is 0 Å². The minimum atomic E-state index is -1.04. The van der Waals surface area contributed by atoms with E-state index in [2.05, 4.69) is 16.0 Å². The van der Waals surface area contributed by atoms with Gasteiger partial charge in [0.05, 0.1) is 31.3 Å². The minimum absolute atomic E-state index is 0.0863. The molecule has 32 heavy (non-hydrogen) atoms. The topological polar surface area (TPSA) is 106 Å². The Morgan fingerprint density at radius 3 is 2.91 bits per heavy atom. The van der Waals surface area contributed by atoms with Crippen LogP contribution < -0.4 is 9.64 Å². The number of amides is 1. The van der Waals surface area contributed by atoms with Crippen molar-refractivity contribution >= 4 is 23.5 Å². The van der Waals surface area contributed by atoms with Gasteiger partial charge in [0, 0.05) is 50.4 Å². The van der Waals surface area contributed by atoms with Crippen LogP contribution in [0.1, 0.15) is 23.2 Å². The Labute approximate surface area is 189 Å². The standard InChI is InChI=1S/C21H22ClFN6O3/c1-32-18-4-2-3-16(23)14(18)10-27-11-15-17(12-27)25-20(22)26-19(15)28-7-8-29(21(30)31)13(9-28)5-6-24/h2-4,13H,5,7-12H2,1H3,(H,30,31)/t13-/m0/s1. The number of aromatic nitrogens is 2. The van der Waals surface area contributed by atoms with Crippen LogP contribution >= 0.6 is 11.6 Å². The molecule has 0 radical (unpaired) electrons. The highest BCUT2D eigenvalue weighted by molar-refractivity contribution is 6.28. The number of piperazine rings is 1. The molecule has 0 unspecified atom stereocenters. The summed E-state index contributed by atoms with van der Waals surface area (Å²) in [6.07, 6.45) is -0.955. The van der Waals surface area contributed by atoms with Gasteiger partial charge in [-0.25, -0.2) is 19.2 Å². The molecule has 11 heteroatoms. The molecule has 1 N–H and O–H groups in total. The molecule has 3 heterocycles. The monoisotopic (exact) mass is 460 g/mol. The summed E-state index contributed by atoms with van der Waals surface area (Å²) in [6.45, 7) is 2.30. The Kier molecular flexibility index (Phi) is 6.30. The van der Waals surface area contributed by atoms with E-state index in [1.165, 1.54) is 18.1 Å². The predicted molar refractivity (Wildman–Crippen MR) is 114 cm³/mol. The summed E-state index contributed by atoms with van der Waals surface area (Å²) in [7, 11) is 1.51. The van der Waals surface area contributed by atoms with Crippen LogP contribution in [0.5, 0.6) is 5.75 Å². The number of carbonyl (C=O) groups is 1. The number of halogens is 2. The van der Waals surface area contributed by atoms with E-state index in [1.54, 1.807) is 12.1 Å². The normalized spacial score (nSPS) is 18.4. The van der Waals surface area contributed by atoms with E-state index in [0.29, 0.717) is 49.9 Å². The SMILES string of the molecule is COc1cccc(F)c1CN1Cc2nc(Cl)nc(N3CCN(C(=O)O)[C@@H](CC#N)C3)c2C1. The summed E-state index contributed by atoms with van der Waals surface area (Å²) in [6, 6.07) is 6.33. The second-order valence-electron chi connectivity index (χ2n) is 7.75. The lowest BCUT2D eigenvalue weighted by Gasteiger charge is -2.40. The summed E-state index contributed by atoms with van der Waals surface area (Å²) in [5, 5.41) is 18.7. The van der Waals surface area contributed by atoms with Crippen molar-refractivity contribution in [1.82, 2.24) is 19.8 Å². The maximum atomic E-state index is 14.4. The van der Waals surface area contributed by atoms with Crippen molar-refractivity contribution in [3.63, 3.8) is 0 Å². The van der Waals surface area contributed by atoms with Gasteiger partial charge in [0.2, 0.25) is 5.28 Å². The van der Waals surface area contributed by atoms with Gasteiger partial charge in [-0.15, -0.1) is 0 Å². The molecule has 2 aliphatic rings. The molecule has 1 fully saturated rings. The third-order valence-electron chi connectivity index (χ3n) is 5.83. The second kappa shape index (κ2) is 9.14. The van der Waals surface area contributed by atoms with Crippen molar-refractivity contribution in [3.05, 3.63) is 46.1 Å². The third kappa shape index (κ3) is 4.26. The van der Waals surface area contributed by atoms with E-state index in [-0.39, 0.29) is 24.1 Å². The van der Waals surface area contributed by atoms with Crippen LogP contribution in [0.4, 0.5) is 15.0 Å². The molecule has 168 valence electrons. The average molecular weight is 461 g/mol. The molecular formula is C21H22ClFN6O3. The van der Waals surface area contributed by atoms with Crippen LogP contribution in [-0.2, 0) is 19.6 Å².